The second kappa shape index (κ2) is 2.37. The fraction of sp³-hybridized carbons (Fsp3) is 0.750. The Labute approximate surface area is 50.8 Å². The van der Waals surface area contributed by atoms with Crippen molar-refractivity contribution >= 4 is 17.3 Å². The molecule has 0 radical (unpaired) electrons. The van der Waals surface area contributed by atoms with E-state index in [1.807, 2.05) is 0 Å². The maximum atomic E-state index is 10.5. The molecule has 8 heavy (non-hydrogen) atoms. The largest absolute Gasteiger partial charge is 0.593 e. The summed E-state index contributed by atoms with van der Waals surface area (Å²) in [5.74, 6) is 0.528. The molecule has 0 aromatic carbocycles. The predicted octanol–water partition coefficient (Wildman–Crippen LogP) is -0.440. The van der Waals surface area contributed by atoms with Crippen LogP contribution >= 0.6 is 0 Å². The van der Waals surface area contributed by atoms with Crippen LogP contribution in [-0.4, -0.2) is 16.2 Å². The van der Waals surface area contributed by atoms with Gasteiger partial charge in [-0.15, -0.1) is 0 Å². The summed E-state index contributed by atoms with van der Waals surface area (Å²) >= 11 is -1.07. The van der Waals surface area contributed by atoms with Crippen LogP contribution in [0.3, 0.4) is 0 Å². The number of carbonyl (C=O) groups is 1. The molecule has 1 fully saturated rings. The SMILES string of the molecule is O=C1CCC[S+]([O-])N1. The molecule has 3 nitrogen and oxygen atoms in total. The summed E-state index contributed by atoms with van der Waals surface area (Å²) < 4.78 is 12.8. The van der Waals surface area contributed by atoms with Gasteiger partial charge in [0, 0.05) is 12.8 Å². The summed E-state index contributed by atoms with van der Waals surface area (Å²) in [5.41, 5.74) is 0. The molecule has 1 saturated heterocycles. The van der Waals surface area contributed by atoms with E-state index in [-0.39, 0.29) is 5.91 Å². The maximum absolute atomic E-state index is 10.5. The fourth-order valence-corrected chi connectivity index (χ4v) is 1.46. The van der Waals surface area contributed by atoms with Gasteiger partial charge in [-0.05, 0) is 0 Å². The van der Waals surface area contributed by atoms with Crippen molar-refractivity contribution in [1.82, 2.24) is 4.72 Å². The van der Waals surface area contributed by atoms with Crippen molar-refractivity contribution in [3.05, 3.63) is 0 Å². The van der Waals surface area contributed by atoms with Crippen molar-refractivity contribution in [2.24, 2.45) is 0 Å². The molecular weight excluding hydrogens is 126 g/mol. The molecule has 0 aliphatic carbocycles. The Kier molecular flexibility index (Phi) is 1.75. The fourth-order valence-electron chi connectivity index (χ4n) is 0.593. The average Bonchev–Trinajstić information content (AvgIpc) is 1.64. The molecule has 1 aliphatic heterocycles. The normalized spacial score (nSPS) is 29.6. The molecule has 1 amide bonds. The lowest BCUT2D eigenvalue weighted by Gasteiger charge is -2.14. The zero-order valence-corrected chi connectivity index (χ0v) is 5.16. The van der Waals surface area contributed by atoms with Crippen molar-refractivity contribution in [3.8, 4) is 0 Å². The van der Waals surface area contributed by atoms with Crippen molar-refractivity contribution in [2.75, 3.05) is 5.75 Å². The highest BCUT2D eigenvalue weighted by atomic mass is 32.2. The van der Waals surface area contributed by atoms with Crippen LogP contribution in [0, 0.1) is 0 Å². The smallest absolute Gasteiger partial charge is 0.261 e. The van der Waals surface area contributed by atoms with Gasteiger partial charge in [0.25, 0.3) is 5.91 Å². The van der Waals surface area contributed by atoms with E-state index in [0.717, 1.165) is 6.42 Å². The highest BCUT2D eigenvalue weighted by Crippen LogP contribution is 2.01. The van der Waals surface area contributed by atoms with Crippen molar-refractivity contribution < 1.29 is 9.35 Å². The third-order valence-corrected chi connectivity index (χ3v) is 2.08. The maximum Gasteiger partial charge on any atom is 0.261 e. The number of hydrogen-bond acceptors (Lipinski definition) is 2. The molecule has 1 atom stereocenters. The van der Waals surface area contributed by atoms with Crippen LogP contribution in [0.5, 0.6) is 0 Å². The summed E-state index contributed by atoms with van der Waals surface area (Å²) in [5, 5.41) is 0. The van der Waals surface area contributed by atoms with Gasteiger partial charge >= 0.3 is 0 Å². The van der Waals surface area contributed by atoms with Gasteiger partial charge in [-0.2, -0.15) is 4.72 Å². The van der Waals surface area contributed by atoms with Crippen molar-refractivity contribution in [2.45, 2.75) is 12.8 Å². The van der Waals surface area contributed by atoms with Gasteiger partial charge in [-0.3, -0.25) is 4.79 Å². The van der Waals surface area contributed by atoms with Crippen LogP contribution in [0.1, 0.15) is 12.8 Å². The van der Waals surface area contributed by atoms with E-state index < -0.39 is 11.4 Å². The number of amides is 1. The van der Waals surface area contributed by atoms with Crippen LogP contribution in [-0.2, 0) is 16.2 Å². The zero-order chi connectivity index (χ0) is 5.98. The molecule has 1 heterocycles. The molecule has 1 N–H and O–H groups in total. The Balaban J connectivity index is 2.34. The molecule has 0 spiro atoms. The topological polar surface area (TPSA) is 52.2 Å². The van der Waals surface area contributed by atoms with Gasteiger partial charge in [-0.25, -0.2) is 0 Å². The van der Waals surface area contributed by atoms with E-state index in [4.69, 9.17) is 0 Å². The van der Waals surface area contributed by atoms with Crippen molar-refractivity contribution in [1.29, 1.82) is 0 Å². The summed E-state index contributed by atoms with van der Waals surface area (Å²) in [7, 11) is 0. The Morgan fingerprint density at radius 1 is 1.75 bits per heavy atom. The molecule has 4 heteroatoms. The average molecular weight is 133 g/mol. The molecule has 1 unspecified atom stereocenters. The summed E-state index contributed by atoms with van der Waals surface area (Å²) in [6.45, 7) is 0. The minimum Gasteiger partial charge on any atom is -0.593 e. The molecule has 1 rings (SSSR count). The van der Waals surface area contributed by atoms with Crippen LogP contribution in [0.15, 0.2) is 0 Å². The summed E-state index contributed by atoms with van der Waals surface area (Å²) in [6.07, 6.45) is 1.30. The Hall–Kier alpha value is -0.220. The Bertz CT molecular complexity index is 106. The standard InChI is InChI=1S/C4H7NO2S/c6-4-2-1-3-8(7)5-4/h1-3H2,(H,5,6). The molecule has 0 aromatic rings. The quantitative estimate of drug-likeness (QED) is 0.455. The first-order valence-electron chi connectivity index (χ1n) is 2.47. The third kappa shape index (κ3) is 1.38. The zero-order valence-electron chi connectivity index (χ0n) is 4.35. The van der Waals surface area contributed by atoms with Crippen molar-refractivity contribution in [3.63, 3.8) is 0 Å². The van der Waals surface area contributed by atoms with E-state index in [1.54, 1.807) is 0 Å². The van der Waals surface area contributed by atoms with Crippen LogP contribution in [0.4, 0.5) is 0 Å². The van der Waals surface area contributed by atoms with Gasteiger partial charge in [0.15, 0.2) is 0 Å². The third-order valence-electron chi connectivity index (χ3n) is 0.961. The van der Waals surface area contributed by atoms with E-state index >= 15 is 0 Å². The highest BCUT2D eigenvalue weighted by Gasteiger charge is 2.17. The highest BCUT2D eigenvalue weighted by molar-refractivity contribution is 7.90. The summed E-state index contributed by atoms with van der Waals surface area (Å²) in [4.78, 5) is 10.4. The molecule has 0 saturated carbocycles. The lowest BCUT2D eigenvalue weighted by molar-refractivity contribution is -0.119. The molecule has 46 valence electrons. The minimum atomic E-state index is -1.07. The lowest BCUT2D eigenvalue weighted by Crippen LogP contribution is -2.36. The van der Waals surface area contributed by atoms with Gasteiger partial charge in [0.2, 0.25) is 0 Å². The first-order chi connectivity index (χ1) is 3.79. The van der Waals surface area contributed by atoms with Crippen LogP contribution in [0.25, 0.3) is 0 Å². The molecule has 1 aliphatic rings. The second-order valence-corrected chi connectivity index (χ2v) is 2.98. The molecule has 0 aromatic heterocycles. The monoisotopic (exact) mass is 133 g/mol. The Morgan fingerprint density at radius 3 is 2.88 bits per heavy atom. The van der Waals surface area contributed by atoms with Gasteiger partial charge in [0.05, 0.1) is 11.4 Å². The van der Waals surface area contributed by atoms with Gasteiger partial charge in [-0.1, -0.05) is 0 Å². The first-order valence-corrected chi connectivity index (χ1v) is 3.79. The van der Waals surface area contributed by atoms with Gasteiger partial charge < -0.3 is 4.55 Å². The van der Waals surface area contributed by atoms with E-state index in [9.17, 15) is 9.35 Å². The second-order valence-electron chi connectivity index (χ2n) is 1.68. The number of carbonyl (C=O) groups excluding carboxylic acids is 1. The lowest BCUT2D eigenvalue weighted by atomic mass is 10.3. The minimum absolute atomic E-state index is 0.0883. The summed E-state index contributed by atoms with van der Waals surface area (Å²) in [6, 6.07) is 0. The Morgan fingerprint density at radius 2 is 2.50 bits per heavy atom. The number of rotatable bonds is 0. The number of hydrogen-bond donors (Lipinski definition) is 1. The van der Waals surface area contributed by atoms with E-state index in [0.29, 0.717) is 12.2 Å². The van der Waals surface area contributed by atoms with E-state index in [2.05, 4.69) is 4.72 Å². The van der Waals surface area contributed by atoms with E-state index in [1.165, 1.54) is 0 Å². The first kappa shape index (κ1) is 5.91. The van der Waals surface area contributed by atoms with Crippen LogP contribution in [0.2, 0.25) is 0 Å². The predicted molar refractivity (Wildman–Crippen MR) is 30.4 cm³/mol. The molecular formula is C4H7NO2S. The number of nitrogens with one attached hydrogen (secondary N) is 1. The van der Waals surface area contributed by atoms with Gasteiger partial charge in [0.1, 0.15) is 5.75 Å². The molecule has 0 bridgehead atoms. The van der Waals surface area contributed by atoms with Crippen LogP contribution < -0.4 is 4.72 Å².